The van der Waals surface area contributed by atoms with Crippen LogP contribution in [0.2, 0.25) is 5.82 Å². The minimum absolute atomic E-state index is 0.222. The zero-order valence-corrected chi connectivity index (χ0v) is 15.5. The van der Waals surface area contributed by atoms with Crippen LogP contribution in [0, 0.1) is 12.3 Å². The minimum atomic E-state index is -0.872. The zero-order chi connectivity index (χ0) is 18.4. The molecule has 0 radical (unpaired) electrons. The first-order valence-electron chi connectivity index (χ1n) is 8.40. The van der Waals surface area contributed by atoms with Crippen molar-refractivity contribution >= 4 is 6.92 Å². The Morgan fingerprint density at radius 2 is 1.96 bits per heavy atom. The van der Waals surface area contributed by atoms with Gasteiger partial charge in [-0.05, 0) is 31.7 Å². The summed E-state index contributed by atoms with van der Waals surface area (Å²) in [6.07, 6.45) is 22.3. The number of aliphatic hydroxyl groups is 1. The van der Waals surface area contributed by atoms with E-state index in [2.05, 4.69) is 38.5 Å². The lowest BCUT2D eigenvalue weighted by molar-refractivity contribution is 0.130. The van der Waals surface area contributed by atoms with Crippen LogP contribution in [0.4, 0.5) is 0 Å². The molecule has 0 bridgehead atoms. The second-order valence-corrected chi connectivity index (χ2v) is 6.50. The number of hydrogen-bond donors (Lipinski definition) is 1. The summed E-state index contributed by atoms with van der Waals surface area (Å²) in [5, 5.41) is 10.2. The quantitative estimate of drug-likeness (QED) is 0.332. The maximum atomic E-state index is 10.2. The average molecular weight is 326 g/mol. The summed E-state index contributed by atoms with van der Waals surface area (Å²) < 4.78 is 5.97. The molecule has 0 fully saturated rings. The fraction of sp³-hybridized carbons (Fsp3) is 0.429. The van der Waals surface area contributed by atoms with Gasteiger partial charge in [-0.1, -0.05) is 69.0 Å². The molecule has 0 aliphatic heterocycles. The third-order valence-electron chi connectivity index (χ3n) is 3.31. The normalized spacial score (nSPS) is 13.3. The van der Waals surface area contributed by atoms with Gasteiger partial charge in [0.2, 0.25) is 0 Å². The highest BCUT2D eigenvalue weighted by Crippen LogP contribution is 2.21. The largest absolute Gasteiger partial charge is 0.428 e. The summed E-state index contributed by atoms with van der Waals surface area (Å²) in [4.78, 5) is 0. The van der Waals surface area contributed by atoms with Gasteiger partial charge >= 0.3 is 6.92 Å². The lowest BCUT2D eigenvalue weighted by Gasteiger charge is -2.29. The fourth-order valence-corrected chi connectivity index (χ4v) is 2.36. The van der Waals surface area contributed by atoms with Crippen LogP contribution < -0.4 is 0 Å². The van der Waals surface area contributed by atoms with Crippen molar-refractivity contribution in [3.63, 3.8) is 0 Å². The summed E-state index contributed by atoms with van der Waals surface area (Å²) >= 11 is 0. The van der Waals surface area contributed by atoms with E-state index in [1.54, 1.807) is 19.9 Å². The third kappa shape index (κ3) is 10.9. The van der Waals surface area contributed by atoms with Gasteiger partial charge in [-0.25, -0.2) is 0 Å². The predicted octanol–water partition coefficient (Wildman–Crippen LogP) is 4.91. The maximum Gasteiger partial charge on any atom is 0.327 e. The number of allylic oxidation sites excluding steroid dienone is 7. The predicted molar refractivity (Wildman–Crippen MR) is 107 cm³/mol. The molecule has 0 saturated carbocycles. The molecule has 1 N–H and O–H groups in total. The van der Waals surface area contributed by atoms with Gasteiger partial charge in [-0.15, -0.1) is 12.3 Å². The maximum absolute atomic E-state index is 10.2. The van der Waals surface area contributed by atoms with E-state index in [-0.39, 0.29) is 12.7 Å². The van der Waals surface area contributed by atoms with Crippen LogP contribution in [0.1, 0.15) is 40.5 Å². The topological polar surface area (TPSA) is 29.5 Å². The molecule has 0 aromatic rings. The van der Waals surface area contributed by atoms with Crippen LogP contribution in [0.5, 0.6) is 0 Å². The summed E-state index contributed by atoms with van der Waals surface area (Å²) in [5.74, 6) is 2.79. The Labute approximate surface area is 148 Å². The smallest absolute Gasteiger partial charge is 0.327 e. The monoisotopic (exact) mass is 326 g/mol. The summed E-state index contributed by atoms with van der Waals surface area (Å²) in [5.41, 5.74) is 0.186. The van der Waals surface area contributed by atoms with Gasteiger partial charge in [0.25, 0.3) is 0 Å². The van der Waals surface area contributed by atoms with Crippen molar-refractivity contribution in [1.82, 2.24) is 0 Å². The third-order valence-corrected chi connectivity index (χ3v) is 3.31. The van der Waals surface area contributed by atoms with E-state index in [1.165, 1.54) is 0 Å². The molecule has 0 spiro atoms. The molecule has 2 nitrogen and oxygen atoms in total. The first-order valence-corrected chi connectivity index (χ1v) is 8.40. The molecule has 0 aromatic heterocycles. The number of terminal acetylenes is 1. The molecule has 24 heavy (non-hydrogen) atoms. The molecule has 0 saturated heterocycles. The summed E-state index contributed by atoms with van der Waals surface area (Å²) in [6.45, 7) is 11.6. The van der Waals surface area contributed by atoms with Crippen LogP contribution in [-0.2, 0) is 4.65 Å². The highest BCUT2D eigenvalue weighted by molar-refractivity contribution is 6.56. The molecule has 3 heteroatoms. The van der Waals surface area contributed by atoms with Crippen LogP contribution >= 0.6 is 0 Å². The van der Waals surface area contributed by atoms with Crippen LogP contribution in [-0.4, -0.2) is 24.1 Å². The molecule has 0 aromatic carbocycles. The standard InChI is InChI=1S/C21H31BO2/c1-7-9-11-12-13-14-15-17-20(16-10-8-2)18-24-22(19(3)4)21(5,6)23/h1,8,10-14,16-17,19,23H,2,9,15,18H2,3-6H3/b12-11-,14-13-,16-10-,20-17-. The Bertz CT molecular complexity index is 511. The molecule has 0 rings (SSSR count). The van der Waals surface area contributed by atoms with E-state index in [9.17, 15) is 5.11 Å². The van der Waals surface area contributed by atoms with E-state index >= 15 is 0 Å². The SMILES string of the molecule is C#CC/C=C\C=C/C/C=C(/C=C\C=C)COB(C(C)C)C(C)(C)O. The highest BCUT2D eigenvalue weighted by atomic mass is 16.4. The van der Waals surface area contributed by atoms with E-state index in [0.29, 0.717) is 13.0 Å². The first kappa shape index (κ1) is 22.2. The Morgan fingerprint density at radius 3 is 2.50 bits per heavy atom. The Hall–Kier alpha value is -1.76. The molecular weight excluding hydrogens is 295 g/mol. The van der Waals surface area contributed by atoms with Crippen molar-refractivity contribution in [3.05, 3.63) is 60.8 Å². The van der Waals surface area contributed by atoms with Gasteiger partial charge < -0.3 is 9.76 Å². The van der Waals surface area contributed by atoms with Crippen LogP contribution in [0.3, 0.4) is 0 Å². The van der Waals surface area contributed by atoms with Gasteiger partial charge in [0, 0.05) is 6.42 Å². The summed E-state index contributed by atoms with van der Waals surface area (Å²) in [7, 11) is 0. The molecule has 0 heterocycles. The second-order valence-electron chi connectivity index (χ2n) is 6.50. The molecule has 0 unspecified atom stereocenters. The van der Waals surface area contributed by atoms with Gasteiger partial charge in [-0.2, -0.15) is 0 Å². The van der Waals surface area contributed by atoms with Crippen molar-refractivity contribution in [2.75, 3.05) is 6.61 Å². The zero-order valence-electron chi connectivity index (χ0n) is 15.5. The lowest BCUT2D eigenvalue weighted by atomic mass is 9.46. The van der Waals surface area contributed by atoms with Gasteiger partial charge in [0.15, 0.2) is 0 Å². The van der Waals surface area contributed by atoms with E-state index in [4.69, 9.17) is 11.1 Å². The number of rotatable bonds is 11. The molecule has 0 aliphatic carbocycles. The lowest BCUT2D eigenvalue weighted by Crippen LogP contribution is -2.45. The first-order chi connectivity index (χ1) is 11.3. The highest BCUT2D eigenvalue weighted by Gasteiger charge is 2.36. The molecule has 0 aliphatic rings. The fourth-order valence-electron chi connectivity index (χ4n) is 2.36. The minimum Gasteiger partial charge on any atom is -0.428 e. The Morgan fingerprint density at radius 1 is 1.29 bits per heavy atom. The second kappa shape index (κ2) is 12.6. The van der Waals surface area contributed by atoms with Gasteiger partial charge in [0.1, 0.15) is 0 Å². The Kier molecular flexibility index (Phi) is 11.7. The molecular formula is C21H31BO2. The van der Waals surface area contributed by atoms with Crippen LogP contribution in [0.15, 0.2) is 60.8 Å². The number of hydrogen-bond acceptors (Lipinski definition) is 2. The van der Waals surface area contributed by atoms with E-state index in [1.807, 2.05) is 30.4 Å². The van der Waals surface area contributed by atoms with Crippen molar-refractivity contribution in [2.24, 2.45) is 0 Å². The van der Waals surface area contributed by atoms with E-state index < -0.39 is 5.50 Å². The van der Waals surface area contributed by atoms with Crippen LogP contribution in [0.25, 0.3) is 0 Å². The van der Waals surface area contributed by atoms with E-state index in [0.717, 1.165) is 12.0 Å². The van der Waals surface area contributed by atoms with Gasteiger partial charge in [0.05, 0.1) is 12.1 Å². The molecule has 0 amide bonds. The van der Waals surface area contributed by atoms with Crippen molar-refractivity contribution in [3.8, 4) is 12.3 Å². The molecule has 0 atom stereocenters. The summed E-state index contributed by atoms with van der Waals surface area (Å²) in [6, 6.07) is 0. The Balaban J connectivity index is 4.77. The van der Waals surface area contributed by atoms with Crippen molar-refractivity contribution < 1.29 is 9.76 Å². The van der Waals surface area contributed by atoms with Crippen molar-refractivity contribution in [2.45, 2.75) is 51.9 Å². The molecule has 130 valence electrons. The average Bonchev–Trinajstić information content (AvgIpc) is 2.49. The van der Waals surface area contributed by atoms with Crippen molar-refractivity contribution in [1.29, 1.82) is 0 Å². The van der Waals surface area contributed by atoms with Gasteiger partial charge in [-0.3, -0.25) is 0 Å².